The molecule has 0 N–H and O–H groups in total. The fourth-order valence-corrected chi connectivity index (χ4v) is 4.10. The Balaban J connectivity index is 1.49. The maximum Gasteiger partial charge on any atom is 0.260 e. The smallest absolute Gasteiger partial charge is 0.260 e. The van der Waals surface area contributed by atoms with Crippen molar-refractivity contribution in [1.82, 2.24) is 19.3 Å². The molecule has 1 aliphatic heterocycles. The van der Waals surface area contributed by atoms with Crippen molar-refractivity contribution >= 4 is 15.9 Å². The highest BCUT2D eigenvalue weighted by Crippen LogP contribution is 2.19. The molecule has 2 heterocycles. The van der Waals surface area contributed by atoms with Gasteiger partial charge in [0.15, 0.2) is 12.4 Å². The van der Waals surface area contributed by atoms with Crippen molar-refractivity contribution in [1.29, 1.82) is 0 Å². The minimum absolute atomic E-state index is 0.0826. The third-order valence-electron chi connectivity index (χ3n) is 4.49. The Morgan fingerprint density at radius 2 is 2.03 bits per heavy atom. The first kappa shape index (κ1) is 21.2. The first-order valence-electron chi connectivity index (χ1n) is 9.09. The summed E-state index contributed by atoms with van der Waals surface area (Å²) in [5, 5.41) is 3.82. The number of rotatable bonds is 10. The standard InChI is InChI=1S/C18H24N4O6S/c1-26-12-17-19-16(20-28-17)8-9-22(29(2,24)25)14-10-21(11-14)18(23)13-27-15-6-4-3-5-7-15/h3-7,14H,8-13H2,1-2H3. The molecule has 29 heavy (non-hydrogen) atoms. The fraction of sp³-hybridized carbons (Fsp3) is 0.500. The molecule has 10 nitrogen and oxygen atoms in total. The van der Waals surface area contributed by atoms with Gasteiger partial charge in [-0.05, 0) is 12.1 Å². The second kappa shape index (κ2) is 9.33. The highest BCUT2D eigenvalue weighted by Gasteiger charge is 2.38. The van der Waals surface area contributed by atoms with Crippen LogP contribution in [0, 0.1) is 0 Å². The number of hydrogen-bond acceptors (Lipinski definition) is 8. The van der Waals surface area contributed by atoms with Crippen LogP contribution in [0.1, 0.15) is 11.7 Å². The summed E-state index contributed by atoms with van der Waals surface area (Å²) in [6.07, 6.45) is 1.46. The number of nitrogens with zero attached hydrogens (tertiary/aromatic N) is 4. The van der Waals surface area contributed by atoms with Gasteiger partial charge in [0.25, 0.3) is 11.8 Å². The lowest BCUT2D eigenvalue weighted by molar-refractivity contribution is -0.139. The number of hydrogen-bond donors (Lipinski definition) is 0. The van der Waals surface area contributed by atoms with Gasteiger partial charge in [-0.25, -0.2) is 8.42 Å². The zero-order valence-electron chi connectivity index (χ0n) is 16.4. The molecule has 1 amide bonds. The van der Waals surface area contributed by atoms with Gasteiger partial charge in [-0.2, -0.15) is 9.29 Å². The summed E-state index contributed by atoms with van der Waals surface area (Å²) in [5.74, 6) is 1.19. The predicted octanol–water partition coefficient (Wildman–Crippen LogP) is 0.310. The lowest BCUT2D eigenvalue weighted by atomic mass is 10.1. The Labute approximate surface area is 169 Å². The molecule has 3 rings (SSSR count). The van der Waals surface area contributed by atoms with Crippen LogP contribution in [0.15, 0.2) is 34.9 Å². The number of carbonyl (C=O) groups excluding carboxylic acids is 1. The molecular formula is C18H24N4O6S. The lowest BCUT2D eigenvalue weighted by Crippen LogP contribution is -2.63. The van der Waals surface area contributed by atoms with Crippen molar-refractivity contribution in [3.63, 3.8) is 0 Å². The van der Waals surface area contributed by atoms with Gasteiger partial charge in [0.2, 0.25) is 10.0 Å². The topological polar surface area (TPSA) is 115 Å². The molecular weight excluding hydrogens is 400 g/mol. The van der Waals surface area contributed by atoms with E-state index in [1.165, 1.54) is 11.4 Å². The Hall–Kier alpha value is -2.50. The van der Waals surface area contributed by atoms with Crippen LogP contribution in [0.3, 0.4) is 0 Å². The molecule has 1 aliphatic rings. The van der Waals surface area contributed by atoms with Gasteiger partial charge in [0.1, 0.15) is 12.4 Å². The summed E-state index contributed by atoms with van der Waals surface area (Å²) in [7, 11) is -1.93. The van der Waals surface area contributed by atoms with E-state index in [0.717, 1.165) is 6.26 Å². The molecule has 1 aromatic carbocycles. The number of amides is 1. The highest BCUT2D eigenvalue weighted by molar-refractivity contribution is 7.88. The van der Waals surface area contributed by atoms with Crippen molar-refractivity contribution in [2.75, 3.05) is 39.6 Å². The number of para-hydroxylation sites is 1. The van der Waals surface area contributed by atoms with Crippen LogP contribution in [0.25, 0.3) is 0 Å². The van der Waals surface area contributed by atoms with E-state index in [2.05, 4.69) is 10.1 Å². The molecule has 0 aliphatic carbocycles. The molecule has 1 saturated heterocycles. The van der Waals surface area contributed by atoms with Crippen LogP contribution in [-0.2, 0) is 32.6 Å². The Morgan fingerprint density at radius 3 is 2.69 bits per heavy atom. The monoisotopic (exact) mass is 424 g/mol. The quantitative estimate of drug-likeness (QED) is 0.535. The van der Waals surface area contributed by atoms with Crippen LogP contribution < -0.4 is 4.74 Å². The Morgan fingerprint density at radius 1 is 1.31 bits per heavy atom. The summed E-state index contributed by atoms with van der Waals surface area (Å²) in [4.78, 5) is 18.0. The predicted molar refractivity (Wildman–Crippen MR) is 103 cm³/mol. The van der Waals surface area contributed by atoms with Crippen LogP contribution in [0.2, 0.25) is 0 Å². The summed E-state index contributed by atoms with van der Waals surface area (Å²) in [5.41, 5.74) is 0. The second-order valence-electron chi connectivity index (χ2n) is 6.72. The summed E-state index contributed by atoms with van der Waals surface area (Å²) < 4.78 is 41.2. The average molecular weight is 424 g/mol. The second-order valence-corrected chi connectivity index (χ2v) is 8.65. The van der Waals surface area contributed by atoms with Gasteiger partial charge in [-0.15, -0.1) is 0 Å². The largest absolute Gasteiger partial charge is 0.484 e. The number of likely N-dealkylation sites (tertiary alicyclic amines) is 1. The van der Waals surface area contributed by atoms with Crippen molar-refractivity contribution in [2.24, 2.45) is 0 Å². The molecule has 0 radical (unpaired) electrons. The van der Waals surface area contributed by atoms with Crippen molar-refractivity contribution in [3.05, 3.63) is 42.0 Å². The SMILES string of the molecule is COCc1nc(CCN(C2CN(C(=O)COc3ccccc3)C2)S(C)(=O)=O)no1. The van der Waals surface area contributed by atoms with E-state index in [0.29, 0.717) is 37.0 Å². The van der Waals surface area contributed by atoms with E-state index in [1.807, 2.05) is 18.2 Å². The molecule has 0 atom stereocenters. The molecule has 0 bridgehead atoms. The molecule has 1 fully saturated rings. The molecule has 0 saturated carbocycles. The third kappa shape index (κ3) is 5.75. The zero-order chi connectivity index (χ0) is 20.9. The van der Waals surface area contributed by atoms with Crippen LogP contribution >= 0.6 is 0 Å². The van der Waals surface area contributed by atoms with E-state index in [-0.39, 0.29) is 31.7 Å². The zero-order valence-corrected chi connectivity index (χ0v) is 17.2. The van der Waals surface area contributed by atoms with Gasteiger partial charge >= 0.3 is 0 Å². The maximum absolute atomic E-state index is 12.2. The molecule has 0 unspecified atom stereocenters. The summed E-state index contributed by atoms with van der Waals surface area (Å²) in [6, 6.07) is 8.77. The normalized spacial score (nSPS) is 14.8. The average Bonchev–Trinajstić information content (AvgIpc) is 3.09. The number of methoxy groups -OCH3 is 1. The van der Waals surface area contributed by atoms with E-state index < -0.39 is 10.0 Å². The molecule has 11 heteroatoms. The Bertz CT molecular complexity index is 911. The number of ether oxygens (including phenoxy) is 2. The maximum atomic E-state index is 12.2. The minimum atomic E-state index is -3.45. The lowest BCUT2D eigenvalue weighted by Gasteiger charge is -2.44. The van der Waals surface area contributed by atoms with Gasteiger partial charge < -0.3 is 18.9 Å². The van der Waals surface area contributed by atoms with Crippen LogP contribution in [-0.4, -0.2) is 79.3 Å². The number of sulfonamides is 1. The summed E-state index contributed by atoms with van der Waals surface area (Å²) in [6.45, 7) is 0.975. The minimum Gasteiger partial charge on any atom is -0.484 e. The van der Waals surface area contributed by atoms with Gasteiger partial charge in [0, 0.05) is 33.2 Å². The molecule has 0 spiro atoms. The number of carbonyl (C=O) groups is 1. The number of benzene rings is 1. The number of aromatic nitrogens is 2. The molecule has 158 valence electrons. The van der Waals surface area contributed by atoms with E-state index in [4.69, 9.17) is 14.0 Å². The van der Waals surface area contributed by atoms with E-state index in [9.17, 15) is 13.2 Å². The van der Waals surface area contributed by atoms with E-state index in [1.54, 1.807) is 17.0 Å². The first-order chi connectivity index (χ1) is 13.9. The van der Waals surface area contributed by atoms with E-state index >= 15 is 0 Å². The van der Waals surface area contributed by atoms with Crippen LogP contribution in [0.5, 0.6) is 5.75 Å². The summed E-state index contributed by atoms with van der Waals surface area (Å²) >= 11 is 0. The molecule has 1 aromatic heterocycles. The van der Waals surface area contributed by atoms with Crippen LogP contribution in [0.4, 0.5) is 0 Å². The fourth-order valence-electron chi connectivity index (χ4n) is 3.00. The Kier molecular flexibility index (Phi) is 6.83. The highest BCUT2D eigenvalue weighted by atomic mass is 32.2. The first-order valence-corrected chi connectivity index (χ1v) is 10.9. The van der Waals surface area contributed by atoms with Gasteiger partial charge in [-0.3, -0.25) is 4.79 Å². The van der Waals surface area contributed by atoms with Gasteiger partial charge in [-0.1, -0.05) is 23.4 Å². The molecule has 2 aromatic rings. The van der Waals surface area contributed by atoms with Crippen molar-refractivity contribution < 1.29 is 27.2 Å². The van der Waals surface area contributed by atoms with Crippen molar-refractivity contribution in [3.8, 4) is 5.75 Å². The van der Waals surface area contributed by atoms with Gasteiger partial charge in [0.05, 0.1) is 12.3 Å². The van der Waals surface area contributed by atoms with Crippen molar-refractivity contribution in [2.45, 2.75) is 19.1 Å². The third-order valence-corrected chi connectivity index (χ3v) is 5.82.